The first kappa shape index (κ1) is 10.2. The molecule has 0 aliphatic rings. The summed E-state index contributed by atoms with van der Waals surface area (Å²) in [5, 5.41) is 12.6. The molecule has 0 aliphatic heterocycles. The van der Waals surface area contributed by atoms with Gasteiger partial charge < -0.3 is 19.8 Å². The summed E-state index contributed by atoms with van der Waals surface area (Å²) < 4.78 is 9.79. The Bertz CT molecular complexity index is 453. The molecule has 0 spiro atoms. The molecule has 0 fully saturated rings. The zero-order valence-corrected chi connectivity index (χ0v) is 8.31. The molecule has 2 rings (SSSR count). The van der Waals surface area contributed by atoms with Gasteiger partial charge >= 0.3 is 0 Å². The van der Waals surface area contributed by atoms with Crippen LogP contribution in [0, 0.1) is 0 Å². The summed E-state index contributed by atoms with van der Waals surface area (Å²) in [6.07, 6.45) is 1.41. The first-order valence-electron chi connectivity index (χ1n) is 4.15. The van der Waals surface area contributed by atoms with Crippen LogP contribution in [0.2, 0.25) is 5.22 Å². The van der Waals surface area contributed by atoms with Crippen LogP contribution < -0.4 is 5.73 Å². The minimum atomic E-state index is -0.659. The van der Waals surface area contributed by atoms with Crippen LogP contribution in [0.15, 0.2) is 21.3 Å². The summed E-state index contributed by atoms with van der Waals surface area (Å²) in [5.74, 6) is 0.442. The van der Waals surface area contributed by atoms with Crippen molar-refractivity contribution >= 4 is 11.6 Å². The van der Waals surface area contributed by atoms with Gasteiger partial charge in [-0.05, 0) is 17.7 Å². The highest BCUT2D eigenvalue weighted by molar-refractivity contribution is 6.31. The fourth-order valence-corrected chi connectivity index (χ4v) is 1.22. The second-order valence-electron chi connectivity index (χ2n) is 2.85. The Balaban J connectivity index is 2.32. The van der Waals surface area contributed by atoms with E-state index in [1.807, 2.05) is 0 Å². The van der Waals surface area contributed by atoms with Crippen molar-refractivity contribution in [3.8, 4) is 11.5 Å². The second-order valence-corrected chi connectivity index (χ2v) is 3.20. The SMILES string of the molecule is NC(CO)c1noc(-c2ccoc2Cl)n1. The second kappa shape index (κ2) is 4.01. The molecule has 0 saturated heterocycles. The van der Waals surface area contributed by atoms with Crippen LogP contribution in [0.25, 0.3) is 11.5 Å². The number of hydrogen-bond acceptors (Lipinski definition) is 6. The maximum Gasteiger partial charge on any atom is 0.262 e. The lowest BCUT2D eigenvalue weighted by Gasteiger charge is -1.98. The van der Waals surface area contributed by atoms with E-state index in [0.29, 0.717) is 5.56 Å². The van der Waals surface area contributed by atoms with E-state index in [4.69, 9.17) is 31.4 Å². The third kappa shape index (κ3) is 1.87. The number of rotatable bonds is 3. The van der Waals surface area contributed by atoms with E-state index in [9.17, 15) is 0 Å². The van der Waals surface area contributed by atoms with Crippen molar-refractivity contribution in [1.29, 1.82) is 0 Å². The molecular formula is C8H8ClN3O3. The Labute approximate surface area is 89.6 Å². The third-order valence-corrected chi connectivity index (χ3v) is 2.11. The highest BCUT2D eigenvalue weighted by Crippen LogP contribution is 2.27. The van der Waals surface area contributed by atoms with E-state index in [-0.39, 0.29) is 23.5 Å². The van der Waals surface area contributed by atoms with Gasteiger partial charge in [0.15, 0.2) is 5.82 Å². The first-order valence-corrected chi connectivity index (χ1v) is 4.53. The summed E-state index contributed by atoms with van der Waals surface area (Å²) in [6.45, 7) is -0.252. The lowest BCUT2D eigenvalue weighted by molar-refractivity contribution is 0.260. The van der Waals surface area contributed by atoms with Crippen LogP contribution in [0.1, 0.15) is 11.9 Å². The third-order valence-electron chi connectivity index (χ3n) is 1.82. The van der Waals surface area contributed by atoms with Gasteiger partial charge in [0.1, 0.15) is 0 Å². The van der Waals surface area contributed by atoms with Gasteiger partial charge in [0.05, 0.1) is 24.5 Å². The lowest BCUT2D eigenvalue weighted by atomic mass is 10.3. The Morgan fingerprint density at radius 2 is 2.40 bits per heavy atom. The summed E-state index contributed by atoms with van der Waals surface area (Å²) >= 11 is 5.72. The molecular weight excluding hydrogens is 222 g/mol. The highest BCUT2D eigenvalue weighted by Gasteiger charge is 2.17. The molecule has 2 heterocycles. The van der Waals surface area contributed by atoms with Crippen LogP contribution in [-0.4, -0.2) is 21.9 Å². The summed E-state index contributed by atoms with van der Waals surface area (Å²) in [5.41, 5.74) is 6.01. The van der Waals surface area contributed by atoms with E-state index >= 15 is 0 Å². The quantitative estimate of drug-likeness (QED) is 0.814. The van der Waals surface area contributed by atoms with E-state index in [2.05, 4.69) is 10.1 Å². The standard InChI is InChI=1S/C8H8ClN3O3/c9-6-4(1-2-14-6)8-11-7(12-15-8)5(10)3-13/h1-2,5,13H,3,10H2. The van der Waals surface area contributed by atoms with Crippen molar-refractivity contribution < 1.29 is 14.0 Å². The van der Waals surface area contributed by atoms with Gasteiger partial charge in [-0.1, -0.05) is 5.16 Å². The molecule has 0 amide bonds. The molecule has 15 heavy (non-hydrogen) atoms. The fourth-order valence-electron chi connectivity index (χ4n) is 1.02. The summed E-state index contributed by atoms with van der Waals surface area (Å²) in [4.78, 5) is 3.98. The van der Waals surface area contributed by atoms with Gasteiger partial charge in [-0.3, -0.25) is 0 Å². The number of halogens is 1. The molecule has 1 unspecified atom stereocenters. The van der Waals surface area contributed by atoms with E-state index in [0.717, 1.165) is 0 Å². The number of aliphatic hydroxyl groups is 1. The van der Waals surface area contributed by atoms with E-state index in [1.165, 1.54) is 6.26 Å². The molecule has 2 aromatic rings. The molecule has 3 N–H and O–H groups in total. The van der Waals surface area contributed by atoms with Crippen LogP contribution >= 0.6 is 11.6 Å². The minimum Gasteiger partial charge on any atom is -0.452 e. The molecule has 6 nitrogen and oxygen atoms in total. The highest BCUT2D eigenvalue weighted by atomic mass is 35.5. The van der Waals surface area contributed by atoms with Crippen molar-refractivity contribution in [3.05, 3.63) is 23.4 Å². The van der Waals surface area contributed by atoms with Gasteiger partial charge in [-0.15, -0.1) is 0 Å². The van der Waals surface area contributed by atoms with Crippen molar-refractivity contribution in [2.45, 2.75) is 6.04 Å². The smallest absolute Gasteiger partial charge is 0.262 e. The van der Waals surface area contributed by atoms with Crippen LogP contribution in [0.4, 0.5) is 0 Å². The number of hydrogen-bond donors (Lipinski definition) is 2. The zero-order valence-electron chi connectivity index (χ0n) is 7.55. The van der Waals surface area contributed by atoms with E-state index < -0.39 is 6.04 Å². The molecule has 0 bridgehead atoms. The average molecular weight is 230 g/mol. The average Bonchev–Trinajstić information content (AvgIpc) is 2.84. The maximum absolute atomic E-state index is 8.79. The number of aromatic nitrogens is 2. The van der Waals surface area contributed by atoms with Crippen LogP contribution in [0.3, 0.4) is 0 Å². The van der Waals surface area contributed by atoms with Crippen molar-refractivity contribution in [3.63, 3.8) is 0 Å². The number of aliphatic hydroxyl groups excluding tert-OH is 1. The number of furan rings is 1. The van der Waals surface area contributed by atoms with Gasteiger partial charge in [0, 0.05) is 0 Å². The molecule has 2 aromatic heterocycles. The van der Waals surface area contributed by atoms with Gasteiger partial charge in [0.25, 0.3) is 5.89 Å². The Morgan fingerprint density at radius 1 is 1.60 bits per heavy atom. The molecule has 0 saturated carbocycles. The maximum atomic E-state index is 8.79. The Morgan fingerprint density at radius 3 is 3.00 bits per heavy atom. The normalized spacial score (nSPS) is 13.0. The monoisotopic (exact) mass is 229 g/mol. The zero-order chi connectivity index (χ0) is 10.8. The van der Waals surface area contributed by atoms with E-state index in [1.54, 1.807) is 6.07 Å². The summed E-state index contributed by atoms with van der Waals surface area (Å²) in [6, 6.07) is 0.942. The molecule has 7 heteroatoms. The lowest BCUT2D eigenvalue weighted by Crippen LogP contribution is -2.15. The predicted molar refractivity (Wildman–Crippen MR) is 51.0 cm³/mol. The van der Waals surface area contributed by atoms with Crippen LogP contribution in [0.5, 0.6) is 0 Å². The molecule has 0 aliphatic carbocycles. The number of nitrogens with two attached hydrogens (primary N) is 1. The first-order chi connectivity index (χ1) is 7.22. The molecule has 1 atom stereocenters. The van der Waals surface area contributed by atoms with Crippen LogP contribution in [-0.2, 0) is 0 Å². The largest absolute Gasteiger partial charge is 0.452 e. The van der Waals surface area contributed by atoms with Gasteiger partial charge in [-0.25, -0.2) is 0 Å². The Hall–Kier alpha value is -1.37. The van der Waals surface area contributed by atoms with Crippen molar-refractivity contribution in [2.75, 3.05) is 6.61 Å². The van der Waals surface area contributed by atoms with Crippen molar-refractivity contribution in [1.82, 2.24) is 10.1 Å². The topological polar surface area (TPSA) is 98.3 Å². The molecule has 0 radical (unpaired) electrons. The van der Waals surface area contributed by atoms with Gasteiger partial charge in [-0.2, -0.15) is 4.98 Å². The van der Waals surface area contributed by atoms with Gasteiger partial charge in [0.2, 0.25) is 5.22 Å². The number of nitrogens with zero attached hydrogens (tertiary/aromatic N) is 2. The summed E-state index contributed by atoms with van der Waals surface area (Å²) in [7, 11) is 0. The molecule has 80 valence electrons. The predicted octanol–water partition coefficient (Wildman–Crippen LogP) is 0.975. The molecule has 0 aromatic carbocycles. The Kier molecular flexibility index (Phi) is 2.72. The fraction of sp³-hybridized carbons (Fsp3) is 0.250. The van der Waals surface area contributed by atoms with Crippen molar-refractivity contribution in [2.24, 2.45) is 5.73 Å². The minimum absolute atomic E-state index is 0.169.